The number of hydrogen-bond donors (Lipinski definition) is 2. The lowest BCUT2D eigenvalue weighted by Gasteiger charge is -2.07. The van der Waals surface area contributed by atoms with Crippen molar-refractivity contribution in [3.8, 4) is 11.4 Å². The van der Waals surface area contributed by atoms with Gasteiger partial charge < -0.3 is 15.8 Å². The van der Waals surface area contributed by atoms with Crippen LogP contribution < -0.4 is 15.8 Å². The zero-order chi connectivity index (χ0) is 18.0. The minimum Gasteiger partial charge on any atom is -0.495 e. The summed E-state index contributed by atoms with van der Waals surface area (Å²) in [6.45, 7) is 0. The van der Waals surface area contributed by atoms with Crippen molar-refractivity contribution in [2.75, 3.05) is 18.2 Å². The molecule has 9 heteroatoms. The van der Waals surface area contributed by atoms with Gasteiger partial charge in [-0.05, 0) is 36.4 Å². The summed E-state index contributed by atoms with van der Waals surface area (Å²) in [4.78, 5) is 12.4. The standard InChI is InChI=1S/C16H13Cl2N5O2/c1-25-13-6-5-10(8-12(13)18)20-16(24)14-15(19)23(22-21-14)11-4-2-3-9(17)7-11/h2-8H,19H2,1H3,(H,20,24). The van der Waals surface area contributed by atoms with E-state index in [2.05, 4.69) is 15.6 Å². The molecule has 0 aliphatic rings. The van der Waals surface area contributed by atoms with Crippen LogP contribution >= 0.6 is 23.2 Å². The van der Waals surface area contributed by atoms with Crippen LogP contribution in [0.15, 0.2) is 42.5 Å². The molecule has 0 unspecified atom stereocenters. The largest absolute Gasteiger partial charge is 0.495 e. The molecule has 0 fully saturated rings. The maximum atomic E-state index is 12.4. The van der Waals surface area contributed by atoms with Crippen LogP contribution in [-0.4, -0.2) is 28.0 Å². The first kappa shape index (κ1) is 17.1. The SMILES string of the molecule is COc1ccc(NC(=O)c2nnn(-c3cccc(Cl)c3)c2N)cc1Cl. The van der Waals surface area contributed by atoms with Gasteiger partial charge in [-0.2, -0.15) is 4.68 Å². The molecule has 0 radical (unpaired) electrons. The number of halogens is 2. The highest BCUT2D eigenvalue weighted by Crippen LogP contribution is 2.27. The van der Waals surface area contributed by atoms with Gasteiger partial charge >= 0.3 is 0 Å². The molecule has 0 bridgehead atoms. The zero-order valence-electron chi connectivity index (χ0n) is 13.0. The third-order valence-corrected chi connectivity index (χ3v) is 3.91. The molecule has 3 rings (SSSR count). The summed E-state index contributed by atoms with van der Waals surface area (Å²) >= 11 is 12.0. The summed E-state index contributed by atoms with van der Waals surface area (Å²) in [5.41, 5.74) is 7.08. The number of carbonyl (C=O) groups excluding carboxylic acids is 1. The van der Waals surface area contributed by atoms with Gasteiger partial charge in [0, 0.05) is 10.7 Å². The fourth-order valence-corrected chi connectivity index (χ4v) is 2.63. The van der Waals surface area contributed by atoms with E-state index in [1.54, 1.807) is 42.5 Å². The van der Waals surface area contributed by atoms with Gasteiger partial charge in [0.05, 0.1) is 17.8 Å². The number of nitrogen functional groups attached to an aromatic ring is 1. The van der Waals surface area contributed by atoms with E-state index in [0.29, 0.717) is 27.2 Å². The van der Waals surface area contributed by atoms with Gasteiger partial charge in [-0.25, -0.2) is 0 Å². The Balaban J connectivity index is 1.85. The van der Waals surface area contributed by atoms with Gasteiger partial charge in [-0.3, -0.25) is 4.79 Å². The molecule has 0 saturated carbocycles. The van der Waals surface area contributed by atoms with Crippen LogP contribution in [0.25, 0.3) is 5.69 Å². The van der Waals surface area contributed by atoms with Crippen molar-refractivity contribution in [1.29, 1.82) is 0 Å². The number of nitrogens with two attached hydrogens (primary N) is 1. The monoisotopic (exact) mass is 377 g/mol. The van der Waals surface area contributed by atoms with Crippen molar-refractivity contribution < 1.29 is 9.53 Å². The molecular weight excluding hydrogens is 365 g/mol. The lowest BCUT2D eigenvalue weighted by molar-refractivity contribution is 0.102. The summed E-state index contributed by atoms with van der Waals surface area (Å²) in [6.07, 6.45) is 0. The number of nitrogens with zero attached hydrogens (tertiary/aromatic N) is 3. The van der Waals surface area contributed by atoms with Crippen LogP contribution in [0.1, 0.15) is 10.5 Å². The third-order valence-electron chi connectivity index (χ3n) is 3.38. The Kier molecular flexibility index (Phi) is 4.78. The van der Waals surface area contributed by atoms with Crippen LogP contribution in [0.3, 0.4) is 0 Å². The van der Waals surface area contributed by atoms with Crippen molar-refractivity contribution in [1.82, 2.24) is 15.0 Å². The molecular formula is C16H13Cl2N5O2. The van der Waals surface area contributed by atoms with Crippen LogP contribution in [0.2, 0.25) is 10.0 Å². The van der Waals surface area contributed by atoms with E-state index in [-0.39, 0.29) is 11.5 Å². The molecule has 1 heterocycles. The molecule has 0 atom stereocenters. The minimum atomic E-state index is -0.507. The smallest absolute Gasteiger partial charge is 0.280 e. The number of methoxy groups -OCH3 is 1. The number of anilines is 2. The highest BCUT2D eigenvalue weighted by molar-refractivity contribution is 6.32. The van der Waals surface area contributed by atoms with E-state index in [1.165, 1.54) is 11.8 Å². The molecule has 0 aliphatic carbocycles. The maximum absolute atomic E-state index is 12.4. The second-order valence-corrected chi connectivity index (χ2v) is 5.86. The van der Waals surface area contributed by atoms with Crippen LogP contribution in [0.5, 0.6) is 5.75 Å². The topological polar surface area (TPSA) is 95.1 Å². The van der Waals surface area contributed by atoms with Crippen molar-refractivity contribution in [3.05, 3.63) is 58.2 Å². The molecule has 0 aliphatic heterocycles. The number of ether oxygens (including phenoxy) is 1. The van der Waals surface area contributed by atoms with E-state index in [9.17, 15) is 4.79 Å². The fourth-order valence-electron chi connectivity index (χ4n) is 2.18. The lowest BCUT2D eigenvalue weighted by atomic mass is 10.3. The first-order valence-electron chi connectivity index (χ1n) is 7.11. The predicted octanol–water partition coefficient (Wildman–Crippen LogP) is 3.42. The van der Waals surface area contributed by atoms with Gasteiger partial charge in [0.25, 0.3) is 5.91 Å². The summed E-state index contributed by atoms with van der Waals surface area (Å²) in [6, 6.07) is 11.7. The number of carbonyl (C=O) groups is 1. The fraction of sp³-hybridized carbons (Fsp3) is 0.0625. The van der Waals surface area contributed by atoms with Gasteiger partial charge in [-0.15, -0.1) is 5.10 Å². The van der Waals surface area contributed by atoms with E-state index >= 15 is 0 Å². The average Bonchev–Trinajstić information content (AvgIpc) is 2.96. The normalized spacial score (nSPS) is 10.5. The van der Waals surface area contributed by atoms with Crippen LogP contribution in [-0.2, 0) is 0 Å². The van der Waals surface area contributed by atoms with Crippen molar-refractivity contribution in [2.45, 2.75) is 0 Å². The van der Waals surface area contributed by atoms with Crippen LogP contribution in [0.4, 0.5) is 11.5 Å². The Bertz CT molecular complexity index is 942. The molecule has 0 saturated heterocycles. The van der Waals surface area contributed by atoms with Gasteiger partial charge in [0.15, 0.2) is 11.5 Å². The summed E-state index contributed by atoms with van der Waals surface area (Å²) < 4.78 is 6.40. The number of rotatable bonds is 4. The second-order valence-electron chi connectivity index (χ2n) is 5.02. The highest BCUT2D eigenvalue weighted by atomic mass is 35.5. The Morgan fingerprint density at radius 2 is 2.04 bits per heavy atom. The minimum absolute atomic E-state index is 0.00749. The van der Waals surface area contributed by atoms with Gasteiger partial charge in [0.2, 0.25) is 0 Å². The summed E-state index contributed by atoms with van der Waals surface area (Å²) in [5, 5.41) is 11.3. The van der Waals surface area contributed by atoms with Gasteiger partial charge in [0.1, 0.15) is 5.75 Å². The Labute approximate surface area is 153 Å². The average molecular weight is 378 g/mol. The first-order valence-corrected chi connectivity index (χ1v) is 7.87. The molecule has 0 spiro atoms. The van der Waals surface area contributed by atoms with Gasteiger partial charge in [-0.1, -0.05) is 34.5 Å². The summed E-state index contributed by atoms with van der Waals surface area (Å²) in [5.74, 6) is 0.0949. The molecule has 1 amide bonds. The molecule has 25 heavy (non-hydrogen) atoms. The van der Waals surface area contributed by atoms with Crippen molar-refractivity contribution >= 4 is 40.6 Å². The highest BCUT2D eigenvalue weighted by Gasteiger charge is 2.19. The predicted molar refractivity (Wildman–Crippen MR) is 96.7 cm³/mol. The first-order chi connectivity index (χ1) is 12.0. The maximum Gasteiger partial charge on any atom is 0.280 e. The summed E-state index contributed by atoms with van der Waals surface area (Å²) in [7, 11) is 1.51. The molecule has 3 N–H and O–H groups in total. The Morgan fingerprint density at radius 3 is 2.72 bits per heavy atom. The number of aromatic nitrogens is 3. The Morgan fingerprint density at radius 1 is 1.24 bits per heavy atom. The van der Waals surface area contributed by atoms with E-state index in [4.69, 9.17) is 33.7 Å². The molecule has 128 valence electrons. The van der Waals surface area contributed by atoms with E-state index < -0.39 is 5.91 Å². The van der Waals surface area contributed by atoms with Crippen molar-refractivity contribution in [3.63, 3.8) is 0 Å². The Hall–Kier alpha value is -2.77. The number of nitrogens with one attached hydrogen (secondary N) is 1. The zero-order valence-corrected chi connectivity index (χ0v) is 14.5. The number of benzene rings is 2. The van der Waals surface area contributed by atoms with E-state index in [0.717, 1.165) is 0 Å². The molecule has 7 nitrogen and oxygen atoms in total. The quantitative estimate of drug-likeness (QED) is 0.726. The third kappa shape index (κ3) is 3.52. The van der Waals surface area contributed by atoms with Crippen LogP contribution in [0, 0.1) is 0 Å². The second kappa shape index (κ2) is 7.00. The lowest BCUT2D eigenvalue weighted by Crippen LogP contribution is -2.15. The number of hydrogen-bond acceptors (Lipinski definition) is 5. The van der Waals surface area contributed by atoms with Crippen molar-refractivity contribution in [2.24, 2.45) is 0 Å². The number of amides is 1. The molecule has 3 aromatic rings. The van der Waals surface area contributed by atoms with E-state index in [1.807, 2.05) is 0 Å². The molecule has 2 aromatic carbocycles. The molecule has 1 aromatic heterocycles.